The zero-order valence-electron chi connectivity index (χ0n) is 20.1. The summed E-state index contributed by atoms with van der Waals surface area (Å²) in [6.45, 7) is 10.3. The molecule has 0 bridgehead atoms. The molecule has 2 aromatic rings. The van der Waals surface area contributed by atoms with Gasteiger partial charge in [-0.3, -0.25) is 4.79 Å². The third-order valence-electron chi connectivity index (χ3n) is 6.88. The molecule has 4 nitrogen and oxygen atoms in total. The van der Waals surface area contributed by atoms with E-state index in [1.54, 1.807) is 0 Å². The average Bonchev–Trinajstić information content (AvgIpc) is 3.39. The number of likely N-dealkylation sites (tertiary alicyclic amines) is 1. The van der Waals surface area contributed by atoms with E-state index in [9.17, 15) is 4.79 Å². The molecule has 0 saturated carbocycles. The minimum Gasteiger partial charge on any atom is -0.379 e. The van der Waals surface area contributed by atoms with Gasteiger partial charge in [-0.05, 0) is 43.4 Å². The third-order valence-corrected chi connectivity index (χ3v) is 6.88. The first-order valence-corrected chi connectivity index (χ1v) is 12.2. The first kappa shape index (κ1) is 24.5. The third kappa shape index (κ3) is 5.99. The second-order valence-corrected chi connectivity index (χ2v) is 9.27. The number of ether oxygens (including phenoxy) is 1. The highest BCUT2D eigenvalue weighted by Crippen LogP contribution is 2.41. The van der Waals surface area contributed by atoms with Crippen LogP contribution in [0.2, 0.25) is 0 Å². The first-order chi connectivity index (χ1) is 15.6. The number of hydrogen-bond acceptors (Lipinski definition) is 3. The molecular weight excluding hydrogens is 396 g/mol. The van der Waals surface area contributed by atoms with Gasteiger partial charge in [0, 0.05) is 26.2 Å². The molecule has 2 aromatic carbocycles. The Bertz CT molecular complexity index is 757. The number of nitrogens with zero attached hydrogens (tertiary/aromatic N) is 2. The minimum atomic E-state index is -0.581. The number of hydrogen-bond donors (Lipinski definition) is 0. The van der Waals surface area contributed by atoms with Gasteiger partial charge < -0.3 is 14.5 Å². The van der Waals surface area contributed by atoms with Gasteiger partial charge in [0.05, 0.1) is 18.6 Å². The highest BCUT2D eigenvalue weighted by Gasteiger charge is 2.45. The van der Waals surface area contributed by atoms with E-state index >= 15 is 0 Å². The molecule has 0 aliphatic carbocycles. The van der Waals surface area contributed by atoms with Crippen molar-refractivity contribution >= 4 is 5.91 Å². The van der Waals surface area contributed by atoms with Crippen molar-refractivity contribution < 1.29 is 9.53 Å². The molecule has 1 atom stereocenters. The van der Waals surface area contributed by atoms with Crippen LogP contribution in [0.3, 0.4) is 0 Å². The number of rotatable bonds is 6. The second-order valence-electron chi connectivity index (χ2n) is 9.27. The number of likely N-dealkylation sites (N-methyl/N-ethyl adjacent to an activating group) is 1. The molecule has 1 amide bonds. The fraction of sp³-hybridized carbons (Fsp3) is 0.536. The Hall–Kier alpha value is -2.17. The summed E-state index contributed by atoms with van der Waals surface area (Å²) in [6.07, 6.45) is 4.17. The number of morpholine rings is 1. The van der Waals surface area contributed by atoms with E-state index in [-0.39, 0.29) is 5.91 Å². The van der Waals surface area contributed by atoms with Gasteiger partial charge in [0.1, 0.15) is 0 Å². The molecule has 32 heavy (non-hydrogen) atoms. The maximum atomic E-state index is 13.8. The summed E-state index contributed by atoms with van der Waals surface area (Å²) in [6, 6.07) is 20.8. The van der Waals surface area contributed by atoms with E-state index in [0.29, 0.717) is 5.92 Å². The second kappa shape index (κ2) is 12.2. The molecule has 2 heterocycles. The van der Waals surface area contributed by atoms with Crippen LogP contribution in [0.25, 0.3) is 0 Å². The fourth-order valence-corrected chi connectivity index (χ4v) is 4.69. The van der Waals surface area contributed by atoms with Gasteiger partial charge >= 0.3 is 0 Å². The number of benzene rings is 2. The summed E-state index contributed by atoms with van der Waals surface area (Å²) in [5, 5.41) is 0. The lowest BCUT2D eigenvalue weighted by molar-refractivity contribution is -0.135. The zero-order chi connectivity index (χ0) is 22.8. The van der Waals surface area contributed by atoms with E-state index in [0.717, 1.165) is 76.2 Å². The van der Waals surface area contributed by atoms with E-state index in [1.807, 2.05) is 12.1 Å². The standard InChI is InChI=1S/C23H29NO.C5H11NO/c1-3-19(2)18-23(20-12-6-4-7-13-20,21-14-8-5-9-15-21)22(25)24-16-10-11-17-24;1-6-2-4-7-5-3-6/h4-9,12-15,19H,3,10-11,16-18H2,1-2H3;2-5H2,1H3. The van der Waals surface area contributed by atoms with E-state index in [1.165, 1.54) is 0 Å². The Morgan fingerprint density at radius 3 is 1.81 bits per heavy atom. The summed E-state index contributed by atoms with van der Waals surface area (Å²) >= 11 is 0. The van der Waals surface area contributed by atoms with E-state index < -0.39 is 5.41 Å². The highest BCUT2D eigenvalue weighted by atomic mass is 16.5. The summed E-state index contributed by atoms with van der Waals surface area (Å²) in [5.41, 5.74) is 1.67. The predicted octanol–water partition coefficient (Wildman–Crippen LogP) is 4.98. The smallest absolute Gasteiger partial charge is 0.237 e. The molecule has 2 aliphatic rings. The van der Waals surface area contributed by atoms with Crippen molar-refractivity contribution in [1.82, 2.24) is 9.80 Å². The topological polar surface area (TPSA) is 32.8 Å². The molecule has 174 valence electrons. The molecule has 2 fully saturated rings. The van der Waals surface area contributed by atoms with Crippen LogP contribution in [0, 0.1) is 5.92 Å². The predicted molar refractivity (Wildman–Crippen MR) is 132 cm³/mol. The Labute approximate surface area is 194 Å². The fourth-order valence-electron chi connectivity index (χ4n) is 4.69. The number of carbonyl (C=O) groups excluding carboxylic acids is 1. The number of amides is 1. The Balaban J connectivity index is 0.000000352. The molecule has 0 radical (unpaired) electrons. The van der Waals surface area contributed by atoms with Crippen LogP contribution in [0.5, 0.6) is 0 Å². The van der Waals surface area contributed by atoms with Crippen LogP contribution in [-0.4, -0.2) is 62.1 Å². The Kier molecular flexibility index (Phi) is 9.31. The quantitative estimate of drug-likeness (QED) is 0.640. The van der Waals surface area contributed by atoms with Gasteiger partial charge in [-0.15, -0.1) is 0 Å². The monoisotopic (exact) mass is 436 g/mol. The van der Waals surface area contributed by atoms with Gasteiger partial charge in [0.2, 0.25) is 5.91 Å². The zero-order valence-corrected chi connectivity index (χ0v) is 20.1. The van der Waals surface area contributed by atoms with Crippen LogP contribution in [0.1, 0.15) is 50.7 Å². The highest BCUT2D eigenvalue weighted by molar-refractivity contribution is 5.92. The molecule has 4 rings (SSSR count). The van der Waals surface area contributed by atoms with Gasteiger partial charge in [-0.25, -0.2) is 0 Å². The van der Waals surface area contributed by atoms with Gasteiger partial charge in [0.15, 0.2) is 0 Å². The van der Waals surface area contributed by atoms with Crippen LogP contribution >= 0.6 is 0 Å². The van der Waals surface area contributed by atoms with Crippen molar-refractivity contribution in [3.63, 3.8) is 0 Å². The van der Waals surface area contributed by atoms with Crippen LogP contribution in [0.4, 0.5) is 0 Å². The first-order valence-electron chi connectivity index (χ1n) is 12.2. The lowest BCUT2D eigenvalue weighted by Gasteiger charge is -2.38. The van der Waals surface area contributed by atoms with Crippen molar-refractivity contribution in [2.24, 2.45) is 5.92 Å². The van der Waals surface area contributed by atoms with Crippen LogP contribution in [-0.2, 0) is 14.9 Å². The van der Waals surface area contributed by atoms with E-state index in [2.05, 4.69) is 79.2 Å². The van der Waals surface area contributed by atoms with Crippen molar-refractivity contribution in [3.05, 3.63) is 71.8 Å². The molecule has 4 heteroatoms. The van der Waals surface area contributed by atoms with Crippen molar-refractivity contribution in [2.75, 3.05) is 46.4 Å². The minimum absolute atomic E-state index is 0.280. The molecule has 1 unspecified atom stereocenters. The number of carbonyl (C=O) groups is 1. The molecule has 2 saturated heterocycles. The van der Waals surface area contributed by atoms with Gasteiger partial charge in [0.25, 0.3) is 0 Å². The molecule has 0 aromatic heterocycles. The Morgan fingerprint density at radius 2 is 1.41 bits per heavy atom. The van der Waals surface area contributed by atoms with Crippen molar-refractivity contribution in [2.45, 2.75) is 44.9 Å². The summed E-state index contributed by atoms with van der Waals surface area (Å²) in [4.78, 5) is 18.2. The van der Waals surface area contributed by atoms with Crippen LogP contribution in [0.15, 0.2) is 60.7 Å². The largest absolute Gasteiger partial charge is 0.379 e. The maximum absolute atomic E-state index is 13.8. The molecule has 0 N–H and O–H groups in total. The maximum Gasteiger partial charge on any atom is 0.237 e. The molecular formula is C28H40N2O2. The lowest BCUT2D eigenvalue weighted by atomic mass is 9.68. The summed E-state index contributed by atoms with van der Waals surface area (Å²) in [5.74, 6) is 0.759. The van der Waals surface area contributed by atoms with Gasteiger partial charge in [-0.1, -0.05) is 80.9 Å². The Morgan fingerprint density at radius 1 is 0.906 bits per heavy atom. The molecule has 2 aliphatic heterocycles. The average molecular weight is 437 g/mol. The normalized spacial score (nSPS) is 18.0. The van der Waals surface area contributed by atoms with Crippen molar-refractivity contribution in [1.29, 1.82) is 0 Å². The SMILES string of the molecule is CCC(C)CC(C(=O)N1CCCC1)(c1ccccc1)c1ccccc1.CN1CCOCC1. The lowest BCUT2D eigenvalue weighted by Crippen LogP contribution is -2.47. The summed E-state index contributed by atoms with van der Waals surface area (Å²) in [7, 11) is 2.11. The van der Waals surface area contributed by atoms with Crippen LogP contribution < -0.4 is 0 Å². The van der Waals surface area contributed by atoms with Crippen molar-refractivity contribution in [3.8, 4) is 0 Å². The summed E-state index contributed by atoms with van der Waals surface area (Å²) < 4.78 is 5.10. The van der Waals surface area contributed by atoms with Gasteiger partial charge in [-0.2, -0.15) is 0 Å². The van der Waals surface area contributed by atoms with E-state index in [4.69, 9.17) is 4.74 Å². The molecule has 0 spiro atoms.